The first kappa shape index (κ1) is 21.7. The predicted molar refractivity (Wildman–Crippen MR) is 131 cm³/mol. The molecule has 4 rings (SSSR count). The number of benzene rings is 3. The van der Waals surface area contributed by atoms with Crippen LogP contribution in [0.2, 0.25) is 0 Å². The van der Waals surface area contributed by atoms with Gasteiger partial charge in [0, 0.05) is 21.7 Å². The number of carboxylic acids is 1. The van der Waals surface area contributed by atoms with Gasteiger partial charge in [0.05, 0.1) is 4.88 Å². The minimum absolute atomic E-state index is 0.228. The number of aromatic hydroxyl groups is 1. The first-order valence-corrected chi connectivity index (χ1v) is 11.4. The number of phenols is 1. The molecule has 0 fully saturated rings. The maximum Gasteiger partial charge on any atom is 0.328 e. The van der Waals surface area contributed by atoms with Gasteiger partial charge in [0.15, 0.2) is 5.75 Å². The Labute approximate surface area is 191 Å². The van der Waals surface area contributed by atoms with Gasteiger partial charge in [-0.15, -0.1) is 11.3 Å². The van der Waals surface area contributed by atoms with E-state index in [0.717, 1.165) is 45.2 Å². The molecule has 0 aliphatic carbocycles. The fourth-order valence-electron chi connectivity index (χ4n) is 3.79. The average molecular weight is 445 g/mol. The second kappa shape index (κ2) is 9.28. The van der Waals surface area contributed by atoms with Crippen LogP contribution < -0.4 is 4.74 Å². The number of fused-ring (bicyclic) bond motifs is 1. The lowest BCUT2D eigenvalue weighted by molar-refractivity contribution is -0.131. The highest BCUT2D eigenvalue weighted by atomic mass is 32.1. The normalized spacial score (nSPS) is 11.3. The molecule has 0 unspecified atom stereocenters. The highest BCUT2D eigenvalue weighted by molar-refractivity contribution is 7.22. The number of hydrogen-bond acceptors (Lipinski definition) is 4. The predicted octanol–water partition coefficient (Wildman–Crippen LogP) is 7.29. The number of hydrogen-bond donors (Lipinski definition) is 2. The minimum Gasteiger partial charge on any atom is -0.508 e. The summed E-state index contributed by atoms with van der Waals surface area (Å²) in [7, 11) is 0. The van der Waals surface area contributed by atoms with Gasteiger partial charge >= 0.3 is 5.97 Å². The van der Waals surface area contributed by atoms with E-state index in [0.29, 0.717) is 5.75 Å². The van der Waals surface area contributed by atoms with E-state index in [1.807, 2.05) is 30.3 Å². The Kier molecular flexibility index (Phi) is 6.28. The van der Waals surface area contributed by atoms with Gasteiger partial charge in [-0.25, -0.2) is 4.79 Å². The molecule has 0 amide bonds. The van der Waals surface area contributed by atoms with Crippen LogP contribution in [0.15, 0.2) is 66.7 Å². The van der Waals surface area contributed by atoms with Crippen molar-refractivity contribution in [2.75, 3.05) is 0 Å². The van der Waals surface area contributed by atoms with E-state index >= 15 is 0 Å². The number of aliphatic carboxylic acids is 1. The van der Waals surface area contributed by atoms with E-state index in [9.17, 15) is 9.90 Å². The lowest BCUT2D eigenvalue weighted by Crippen LogP contribution is -1.94. The Bertz CT molecular complexity index is 1280. The third kappa shape index (κ3) is 4.39. The number of carbonyl (C=O) groups is 1. The van der Waals surface area contributed by atoms with Crippen molar-refractivity contribution in [1.29, 1.82) is 0 Å². The van der Waals surface area contributed by atoms with E-state index in [1.54, 1.807) is 29.5 Å². The van der Waals surface area contributed by atoms with Crippen molar-refractivity contribution in [2.24, 2.45) is 0 Å². The fourth-order valence-corrected chi connectivity index (χ4v) is 5.07. The van der Waals surface area contributed by atoms with Crippen LogP contribution in [-0.2, 0) is 17.6 Å². The highest BCUT2D eigenvalue weighted by Crippen LogP contribution is 2.49. The molecule has 0 radical (unpaired) electrons. The van der Waals surface area contributed by atoms with Gasteiger partial charge in [0.2, 0.25) is 0 Å². The number of ether oxygens (including phenoxy) is 1. The third-order valence-corrected chi connectivity index (χ3v) is 6.52. The van der Waals surface area contributed by atoms with Crippen LogP contribution in [0.25, 0.3) is 26.6 Å². The highest BCUT2D eigenvalue weighted by Gasteiger charge is 2.20. The molecule has 0 spiro atoms. The molecule has 1 heterocycles. The van der Waals surface area contributed by atoms with Gasteiger partial charge < -0.3 is 14.9 Å². The van der Waals surface area contributed by atoms with Crippen LogP contribution >= 0.6 is 11.3 Å². The van der Waals surface area contributed by atoms with Gasteiger partial charge in [-0.05, 0) is 65.9 Å². The molecule has 0 saturated heterocycles. The summed E-state index contributed by atoms with van der Waals surface area (Å²) in [5.74, 6) is 0.683. The minimum atomic E-state index is -0.982. The summed E-state index contributed by atoms with van der Waals surface area (Å²) in [6, 6.07) is 19.1. The molecule has 162 valence electrons. The maximum absolute atomic E-state index is 10.7. The summed E-state index contributed by atoms with van der Waals surface area (Å²) in [6.45, 7) is 4.31. The molecule has 0 bridgehead atoms. The van der Waals surface area contributed by atoms with E-state index in [-0.39, 0.29) is 5.75 Å². The summed E-state index contributed by atoms with van der Waals surface area (Å²) in [5.41, 5.74) is 4.51. The van der Waals surface area contributed by atoms with Crippen LogP contribution in [0, 0.1) is 0 Å². The van der Waals surface area contributed by atoms with E-state index in [2.05, 4.69) is 32.0 Å². The standard InChI is InChI=1S/C27H24O4S/c1-3-18-6-5-7-19(4-2)25(18)27-26(22-14-11-20(28)16-23(22)32-27)31-21-12-8-17(9-13-21)10-15-24(29)30/h5-16,28H,3-4H2,1-2H3,(H,29,30). The Morgan fingerprint density at radius 2 is 1.69 bits per heavy atom. The van der Waals surface area contributed by atoms with Crippen molar-refractivity contribution in [2.45, 2.75) is 26.7 Å². The van der Waals surface area contributed by atoms with Gasteiger partial charge in [-0.2, -0.15) is 0 Å². The van der Waals surface area contributed by atoms with Gasteiger partial charge in [-0.1, -0.05) is 44.2 Å². The van der Waals surface area contributed by atoms with E-state index in [4.69, 9.17) is 9.84 Å². The Morgan fingerprint density at radius 3 is 2.31 bits per heavy atom. The summed E-state index contributed by atoms with van der Waals surface area (Å²) >= 11 is 1.62. The Morgan fingerprint density at radius 1 is 1.00 bits per heavy atom. The molecule has 3 aromatic carbocycles. The molecular formula is C27H24O4S. The van der Waals surface area contributed by atoms with E-state index in [1.165, 1.54) is 16.7 Å². The summed E-state index contributed by atoms with van der Waals surface area (Å²) < 4.78 is 7.39. The van der Waals surface area contributed by atoms with Crippen molar-refractivity contribution >= 4 is 33.5 Å². The maximum atomic E-state index is 10.7. The van der Waals surface area contributed by atoms with Crippen LogP contribution in [0.3, 0.4) is 0 Å². The van der Waals surface area contributed by atoms with Crippen LogP contribution in [0.1, 0.15) is 30.5 Å². The van der Waals surface area contributed by atoms with Crippen LogP contribution in [0.5, 0.6) is 17.2 Å². The number of aryl methyl sites for hydroxylation is 2. The largest absolute Gasteiger partial charge is 0.508 e. The molecule has 4 nitrogen and oxygen atoms in total. The third-order valence-electron chi connectivity index (χ3n) is 5.37. The fraction of sp³-hybridized carbons (Fsp3) is 0.148. The summed E-state index contributed by atoms with van der Waals surface area (Å²) in [4.78, 5) is 11.8. The molecular weight excluding hydrogens is 420 g/mol. The van der Waals surface area contributed by atoms with Gasteiger partial charge in [-0.3, -0.25) is 0 Å². The lowest BCUT2D eigenvalue weighted by Gasteiger charge is -2.14. The number of carboxylic acid groups (broad SMARTS) is 1. The number of thiophene rings is 1. The molecule has 0 aliphatic heterocycles. The number of phenolic OH excluding ortho intramolecular Hbond substituents is 1. The SMILES string of the molecule is CCc1cccc(CC)c1-c1sc2cc(O)ccc2c1Oc1ccc(C=CC(=O)O)cc1. The molecule has 0 aliphatic rings. The molecule has 4 aromatic rings. The second-order valence-electron chi connectivity index (χ2n) is 7.44. The first-order chi connectivity index (χ1) is 15.5. The molecule has 1 aromatic heterocycles. The summed E-state index contributed by atoms with van der Waals surface area (Å²) in [5, 5.41) is 19.8. The van der Waals surface area contributed by atoms with Gasteiger partial charge in [0.25, 0.3) is 0 Å². The molecule has 0 atom stereocenters. The summed E-state index contributed by atoms with van der Waals surface area (Å²) in [6.07, 6.45) is 4.48. The van der Waals surface area contributed by atoms with Crippen molar-refractivity contribution in [3.05, 3.63) is 83.4 Å². The second-order valence-corrected chi connectivity index (χ2v) is 8.49. The molecule has 0 saturated carbocycles. The van der Waals surface area contributed by atoms with Crippen LogP contribution in [-0.4, -0.2) is 16.2 Å². The van der Waals surface area contributed by atoms with Gasteiger partial charge in [0.1, 0.15) is 11.5 Å². The topological polar surface area (TPSA) is 66.8 Å². The lowest BCUT2D eigenvalue weighted by atomic mass is 9.95. The average Bonchev–Trinajstić information content (AvgIpc) is 3.14. The Balaban J connectivity index is 1.84. The Hall–Kier alpha value is -3.57. The monoisotopic (exact) mass is 444 g/mol. The zero-order valence-corrected chi connectivity index (χ0v) is 18.8. The molecule has 5 heteroatoms. The molecule has 32 heavy (non-hydrogen) atoms. The van der Waals surface area contributed by atoms with Crippen molar-refractivity contribution in [3.8, 4) is 27.7 Å². The smallest absolute Gasteiger partial charge is 0.328 e. The van der Waals surface area contributed by atoms with E-state index < -0.39 is 5.97 Å². The zero-order valence-electron chi connectivity index (χ0n) is 18.0. The molecule has 2 N–H and O–H groups in total. The van der Waals surface area contributed by atoms with Crippen molar-refractivity contribution in [3.63, 3.8) is 0 Å². The quantitative estimate of drug-likeness (QED) is 0.294. The van der Waals surface area contributed by atoms with Crippen LogP contribution in [0.4, 0.5) is 0 Å². The first-order valence-electron chi connectivity index (χ1n) is 10.6. The van der Waals surface area contributed by atoms with Crippen molar-refractivity contribution < 1.29 is 19.7 Å². The number of rotatable bonds is 7. The van der Waals surface area contributed by atoms with Crippen molar-refractivity contribution in [1.82, 2.24) is 0 Å². The zero-order chi connectivity index (χ0) is 22.7.